The molecule has 1 amide bonds. The van der Waals surface area contributed by atoms with Crippen molar-refractivity contribution in [2.24, 2.45) is 0 Å². The number of anilines is 1. The van der Waals surface area contributed by atoms with Gasteiger partial charge in [0.05, 0.1) is 17.8 Å². The van der Waals surface area contributed by atoms with Crippen molar-refractivity contribution >= 4 is 17.4 Å². The Labute approximate surface area is 187 Å². The molecule has 1 aromatic carbocycles. The Morgan fingerprint density at radius 3 is 2.78 bits per heavy atom. The third-order valence-electron chi connectivity index (χ3n) is 6.13. The number of fused-ring (bicyclic) bond motifs is 1. The standard InChI is InChI=1S/C25H28FN3O3/c1-15-12-29(13-16(2)32-15)10-9-27-19-5-7-20-17(11-19)14-31-24(20)23-21-6-3-18(26)4-8-22(21)28-25(23)30/h3-8,11,15-16,18,27H,9-10,12-14H2,1-2H3,(H,28,30)/b24-23+. The Kier molecular flexibility index (Phi) is 5.61. The number of ether oxygens (including phenoxy) is 2. The fourth-order valence-electron chi connectivity index (χ4n) is 4.78. The molecule has 3 unspecified atom stereocenters. The number of rotatable bonds is 4. The molecule has 0 bridgehead atoms. The monoisotopic (exact) mass is 437 g/mol. The lowest BCUT2D eigenvalue weighted by Gasteiger charge is -2.35. The minimum Gasteiger partial charge on any atom is -0.487 e. The summed E-state index contributed by atoms with van der Waals surface area (Å²) in [6.07, 6.45) is 5.50. The van der Waals surface area contributed by atoms with E-state index in [-0.39, 0.29) is 18.1 Å². The molecule has 3 atom stereocenters. The van der Waals surface area contributed by atoms with Gasteiger partial charge in [-0.15, -0.1) is 0 Å². The van der Waals surface area contributed by atoms with Crippen molar-refractivity contribution in [3.8, 4) is 0 Å². The lowest BCUT2D eigenvalue weighted by Crippen LogP contribution is -2.46. The first-order valence-corrected chi connectivity index (χ1v) is 11.2. The fraction of sp³-hybridized carbons (Fsp3) is 0.400. The van der Waals surface area contributed by atoms with Crippen LogP contribution >= 0.6 is 0 Å². The van der Waals surface area contributed by atoms with Crippen LogP contribution in [0.3, 0.4) is 0 Å². The Morgan fingerprint density at radius 1 is 1.19 bits per heavy atom. The van der Waals surface area contributed by atoms with Crippen LogP contribution in [-0.4, -0.2) is 55.4 Å². The number of nitrogens with one attached hydrogen (secondary N) is 2. The van der Waals surface area contributed by atoms with E-state index >= 15 is 0 Å². The summed E-state index contributed by atoms with van der Waals surface area (Å²) in [5.41, 5.74) is 4.71. The first-order chi connectivity index (χ1) is 15.5. The molecule has 2 N–H and O–H groups in total. The van der Waals surface area contributed by atoms with Gasteiger partial charge in [0, 0.05) is 54.3 Å². The first-order valence-electron chi connectivity index (χ1n) is 11.2. The van der Waals surface area contributed by atoms with E-state index in [4.69, 9.17) is 9.47 Å². The molecule has 0 saturated carbocycles. The summed E-state index contributed by atoms with van der Waals surface area (Å²) in [6, 6.07) is 6.09. The molecule has 7 heteroatoms. The van der Waals surface area contributed by atoms with Crippen molar-refractivity contribution in [1.82, 2.24) is 10.2 Å². The van der Waals surface area contributed by atoms with Crippen LogP contribution in [-0.2, 0) is 20.9 Å². The Bertz CT molecular complexity index is 1050. The molecule has 1 aliphatic carbocycles. The van der Waals surface area contributed by atoms with Crippen molar-refractivity contribution in [3.63, 3.8) is 0 Å². The zero-order valence-electron chi connectivity index (χ0n) is 18.4. The molecule has 32 heavy (non-hydrogen) atoms. The third-order valence-corrected chi connectivity index (χ3v) is 6.13. The third kappa shape index (κ3) is 4.10. The number of benzene rings is 1. The number of hydrogen-bond acceptors (Lipinski definition) is 5. The number of carbonyl (C=O) groups is 1. The summed E-state index contributed by atoms with van der Waals surface area (Å²) in [4.78, 5) is 15.1. The molecule has 1 aromatic rings. The molecule has 6 nitrogen and oxygen atoms in total. The van der Waals surface area contributed by atoms with Crippen LogP contribution in [0.15, 0.2) is 59.3 Å². The van der Waals surface area contributed by atoms with Crippen LogP contribution in [0.25, 0.3) is 5.76 Å². The fourth-order valence-corrected chi connectivity index (χ4v) is 4.78. The molecular formula is C25H28FN3O3. The average Bonchev–Trinajstić information content (AvgIpc) is 3.23. The number of allylic oxidation sites excluding steroid dienone is 4. The van der Waals surface area contributed by atoms with E-state index in [2.05, 4.69) is 35.4 Å². The predicted molar refractivity (Wildman–Crippen MR) is 121 cm³/mol. The predicted octanol–water partition coefficient (Wildman–Crippen LogP) is 3.30. The summed E-state index contributed by atoms with van der Waals surface area (Å²) < 4.78 is 25.5. The van der Waals surface area contributed by atoms with E-state index in [0.29, 0.717) is 29.2 Å². The molecule has 168 valence electrons. The average molecular weight is 438 g/mol. The Hall–Kier alpha value is -2.90. The highest BCUT2D eigenvalue weighted by Crippen LogP contribution is 2.39. The van der Waals surface area contributed by atoms with Crippen LogP contribution in [0.1, 0.15) is 25.0 Å². The summed E-state index contributed by atoms with van der Waals surface area (Å²) in [5.74, 6) is 0.335. The molecule has 1 saturated heterocycles. The first kappa shape index (κ1) is 21.0. The molecule has 0 spiro atoms. The SMILES string of the molecule is CC1CN(CCNc2ccc3c(c2)CO/C3=C2/C(=O)NC3=C2C=CC(F)C=C3)CC(C)O1. The van der Waals surface area contributed by atoms with Gasteiger partial charge >= 0.3 is 0 Å². The zero-order valence-corrected chi connectivity index (χ0v) is 18.4. The highest BCUT2D eigenvalue weighted by molar-refractivity contribution is 6.10. The van der Waals surface area contributed by atoms with Crippen molar-refractivity contribution < 1.29 is 18.7 Å². The molecule has 0 aromatic heterocycles. The second-order valence-electron chi connectivity index (χ2n) is 8.75. The topological polar surface area (TPSA) is 62.8 Å². The largest absolute Gasteiger partial charge is 0.487 e. The molecule has 1 fully saturated rings. The minimum atomic E-state index is -1.17. The molecular weight excluding hydrogens is 409 g/mol. The highest BCUT2D eigenvalue weighted by Gasteiger charge is 2.33. The van der Waals surface area contributed by atoms with Crippen LogP contribution in [0.5, 0.6) is 0 Å². The Balaban J connectivity index is 1.31. The maximum atomic E-state index is 13.7. The van der Waals surface area contributed by atoms with Gasteiger partial charge in [0.2, 0.25) is 0 Å². The number of hydrogen-bond donors (Lipinski definition) is 2. The van der Waals surface area contributed by atoms with Gasteiger partial charge in [-0.05, 0) is 50.3 Å². The summed E-state index contributed by atoms with van der Waals surface area (Å²) in [5, 5.41) is 6.32. The maximum absolute atomic E-state index is 13.7. The van der Waals surface area contributed by atoms with Crippen molar-refractivity contribution in [2.75, 3.05) is 31.5 Å². The second kappa shape index (κ2) is 8.56. The van der Waals surface area contributed by atoms with E-state index in [9.17, 15) is 9.18 Å². The van der Waals surface area contributed by atoms with Gasteiger partial charge in [0.25, 0.3) is 5.91 Å². The number of nitrogens with zero attached hydrogens (tertiary/aromatic N) is 1. The lowest BCUT2D eigenvalue weighted by atomic mass is 9.99. The van der Waals surface area contributed by atoms with Crippen LogP contribution in [0.4, 0.5) is 10.1 Å². The maximum Gasteiger partial charge on any atom is 0.260 e. The normalized spacial score (nSPS) is 29.5. The summed E-state index contributed by atoms with van der Waals surface area (Å²) >= 11 is 0. The molecule has 0 radical (unpaired) electrons. The van der Waals surface area contributed by atoms with Gasteiger partial charge < -0.3 is 20.1 Å². The number of morpholine rings is 1. The number of halogens is 1. The quantitative estimate of drug-likeness (QED) is 0.708. The Morgan fingerprint density at radius 2 is 1.97 bits per heavy atom. The summed E-state index contributed by atoms with van der Waals surface area (Å²) in [7, 11) is 0. The smallest absolute Gasteiger partial charge is 0.260 e. The van der Waals surface area contributed by atoms with Gasteiger partial charge in [-0.1, -0.05) is 6.08 Å². The van der Waals surface area contributed by atoms with E-state index in [1.54, 1.807) is 12.2 Å². The van der Waals surface area contributed by atoms with E-state index < -0.39 is 6.17 Å². The second-order valence-corrected chi connectivity index (χ2v) is 8.75. The van der Waals surface area contributed by atoms with E-state index in [1.165, 1.54) is 12.2 Å². The molecule has 4 aliphatic rings. The van der Waals surface area contributed by atoms with Gasteiger partial charge in [-0.3, -0.25) is 9.69 Å². The van der Waals surface area contributed by atoms with Crippen molar-refractivity contribution in [2.45, 2.75) is 38.8 Å². The highest BCUT2D eigenvalue weighted by atomic mass is 19.1. The summed E-state index contributed by atoms with van der Waals surface area (Å²) in [6.45, 7) is 8.33. The van der Waals surface area contributed by atoms with Crippen molar-refractivity contribution in [3.05, 3.63) is 70.5 Å². The van der Waals surface area contributed by atoms with Crippen LogP contribution in [0, 0.1) is 0 Å². The number of alkyl halides is 1. The van der Waals surface area contributed by atoms with E-state index in [1.807, 2.05) is 12.1 Å². The van der Waals surface area contributed by atoms with Crippen molar-refractivity contribution in [1.29, 1.82) is 0 Å². The van der Waals surface area contributed by atoms with Gasteiger partial charge in [0.15, 0.2) is 0 Å². The van der Waals surface area contributed by atoms with Crippen LogP contribution in [0.2, 0.25) is 0 Å². The number of amides is 1. The lowest BCUT2D eigenvalue weighted by molar-refractivity contribution is -0.116. The van der Waals surface area contributed by atoms with Gasteiger partial charge in [-0.25, -0.2) is 4.39 Å². The molecule has 3 aliphatic heterocycles. The van der Waals surface area contributed by atoms with Gasteiger partial charge in [0.1, 0.15) is 18.5 Å². The molecule has 5 rings (SSSR count). The minimum absolute atomic E-state index is 0.222. The number of carbonyl (C=O) groups excluding carboxylic acids is 1. The zero-order chi connectivity index (χ0) is 22.2. The van der Waals surface area contributed by atoms with Gasteiger partial charge in [-0.2, -0.15) is 0 Å². The van der Waals surface area contributed by atoms with Crippen LogP contribution < -0.4 is 10.6 Å². The molecule has 3 heterocycles. The van der Waals surface area contributed by atoms with E-state index in [0.717, 1.165) is 43.0 Å².